The molecule has 1 heterocycles. The van der Waals surface area contributed by atoms with Crippen molar-refractivity contribution in [2.24, 2.45) is 0 Å². The quantitative estimate of drug-likeness (QED) is 0.853. The van der Waals surface area contributed by atoms with E-state index >= 15 is 0 Å². The van der Waals surface area contributed by atoms with Crippen molar-refractivity contribution in [3.05, 3.63) is 41.7 Å². The van der Waals surface area contributed by atoms with Crippen LogP contribution in [-0.2, 0) is 6.54 Å². The first-order valence-electron chi connectivity index (χ1n) is 4.96. The highest BCUT2D eigenvalue weighted by Crippen LogP contribution is 2.17. The summed E-state index contributed by atoms with van der Waals surface area (Å²) in [7, 11) is 1.59. The number of carbonyl (C=O) groups is 1. The molecule has 1 N–H and O–H groups in total. The van der Waals surface area contributed by atoms with Gasteiger partial charge in [0.1, 0.15) is 5.75 Å². The summed E-state index contributed by atoms with van der Waals surface area (Å²) in [5, 5.41) is 16.0. The Morgan fingerprint density at radius 1 is 1.47 bits per heavy atom. The zero-order valence-electron chi connectivity index (χ0n) is 9.20. The summed E-state index contributed by atoms with van der Waals surface area (Å²) in [5.41, 5.74) is 0.844. The fourth-order valence-electron chi connectivity index (χ4n) is 1.48. The van der Waals surface area contributed by atoms with Crippen LogP contribution in [0.2, 0.25) is 0 Å². The Labute approximate surface area is 97.4 Å². The summed E-state index contributed by atoms with van der Waals surface area (Å²) in [5.74, 6) is -0.351. The Kier molecular flexibility index (Phi) is 3.04. The number of aromatic carboxylic acids is 1. The molecule has 0 fully saturated rings. The first-order chi connectivity index (χ1) is 8.20. The maximum Gasteiger partial charge on any atom is 0.358 e. The number of hydrogen-bond acceptors (Lipinski definition) is 4. The molecule has 6 nitrogen and oxygen atoms in total. The number of ether oxygens (including phenoxy) is 1. The topological polar surface area (TPSA) is 77.2 Å². The fraction of sp³-hybridized carbons (Fsp3) is 0.182. The van der Waals surface area contributed by atoms with Gasteiger partial charge in [0, 0.05) is 5.56 Å². The van der Waals surface area contributed by atoms with Crippen molar-refractivity contribution in [2.75, 3.05) is 7.11 Å². The third kappa shape index (κ3) is 2.41. The lowest BCUT2D eigenvalue weighted by Crippen LogP contribution is -2.02. The molecule has 0 spiro atoms. The third-order valence-corrected chi connectivity index (χ3v) is 2.28. The molecule has 0 aliphatic rings. The van der Waals surface area contributed by atoms with Crippen molar-refractivity contribution in [3.8, 4) is 5.75 Å². The fourth-order valence-corrected chi connectivity index (χ4v) is 1.48. The molecule has 1 aromatic heterocycles. The molecule has 0 bridgehead atoms. The van der Waals surface area contributed by atoms with Crippen LogP contribution in [0.15, 0.2) is 30.5 Å². The van der Waals surface area contributed by atoms with E-state index in [2.05, 4.69) is 10.3 Å². The maximum atomic E-state index is 10.6. The van der Waals surface area contributed by atoms with E-state index in [0.29, 0.717) is 6.54 Å². The number of hydrogen-bond donors (Lipinski definition) is 1. The highest BCUT2D eigenvalue weighted by atomic mass is 16.5. The van der Waals surface area contributed by atoms with E-state index in [1.807, 2.05) is 24.3 Å². The van der Waals surface area contributed by atoms with Gasteiger partial charge in [0.05, 0.1) is 19.9 Å². The van der Waals surface area contributed by atoms with Gasteiger partial charge in [-0.25, -0.2) is 9.48 Å². The SMILES string of the molecule is COc1ccccc1Cn1cc(C(=O)O)nn1. The summed E-state index contributed by atoms with van der Waals surface area (Å²) in [6.07, 6.45) is 1.38. The predicted octanol–water partition coefficient (Wildman–Crippen LogP) is 1.03. The van der Waals surface area contributed by atoms with E-state index in [1.54, 1.807) is 7.11 Å². The lowest BCUT2D eigenvalue weighted by molar-refractivity contribution is 0.0690. The minimum atomic E-state index is -1.09. The number of methoxy groups -OCH3 is 1. The van der Waals surface area contributed by atoms with Crippen LogP contribution in [0.1, 0.15) is 16.1 Å². The summed E-state index contributed by atoms with van der Waals surface area (Å²) >= 11 is 0. The molecular weight excluding hydrogens is 222 g/mol. The number of carboxylic acids is 1. The monoisotopic (exact) mass is 233 g/mol. The normalized spacial score (nSPS) is 10.2. The van der Waals surface area contributed by atoms with Crippen LogP contribution in [0.4, 0.5) is 0 Å². The largest absolute Gasteiger partial charge is 0.496 e. The molecule has 0 aliphatic heterocycles. The molecule has 0 aliphatic carbocycles. The standard InChI is InChI=1S/C11H11N3O3/c1-17-10-5-3-2-4-8(10)6-14-7-9(11(15)16)12-13-14/h2-5,7H,6H2,1H3,(H,15,16). The van der Waals surface area contributed by atoms with Crippen molar-refractivity contribution in [2.45, 2.75) is 6.54 Å². The molecule has 2 rings (SSSR count). The Morgan fingerprint density at radius 3 is 2.88 bits per heavy atom. The van der Waals surface area contributed by atoms with Crippen LogP contribution in [0.3, 0.4) is 0 Å². The Morgan fingerprint density at radius 2 is 2.24 bits per heavy atom. The number of aromatic nitrogens is 3. The van der Waals surface area contributed by atoms with Crippen LogP contribution in [0.25, 0.3) is 0 Å². The van der Waals surface area contributed by atoms with Gasteiger partial charge >= 0.3 is 5.97 Å². The minimum Gasteiger partial charge on any atom is -0.496 e. The van der Waals surface area contributed by atoms with Crippen LogP contribution in [-0.4, -0.2) is 33.2 Å². The van der Waals surface area contributed by atoms with Gasteiger partial charge in [-0.15, -0.1) is 5.10 Å². The van der Waals surface area contributed by atoms with Gasteiger partial charge in [-0.2, -0.15) is 0 Å². The van der Waals surface area contributed by atoms with Gasteiger partial charge in [-0.05, 0) is 6.07 Å². The summed E-state index contributed by atoms with van der Waals surface area (Å²) in [4.78, 5) is 10.6. The van der Waals surface area contributed by atoms with Crippen LogP contribution < -0.4 is 4.74 Å². The molecular formula is C11H11N3O3. The minimum absolute atomic E-state index is 0.0695. The molecule has 1 aromatic carbocycles. The van der Waals surface area contributed by atoms with E-state index in [4.69, 9.17) is 9.84 Å². The van der Waals surface area contributed by atoms with Gasteiger partial charge in [0.15, 0.2) is 5.69 Å². The lowest BCUT2D eigenvalue weighted by Gasteiger charge is -2.07. The predicted molar refractivity (Wildman–Crippen MR) is 59.1 cm³/mol. The Hall–Kier alpha value is -2.37. The number of nitrogens with zero attached hydrogens (tertiary/aromatic N) is 3. The van der Waals surface area contributed by atoms with Crippen LogP contribution in [0.5, 0.6) is 5.75 Å². The maximum absolute atomic E-state index is 10.6. The summed E-state index contributed by atoms with van der Waals surface area (Å²) < 4.78 is 6.65. The second-order valence-electron chi connectivity index (χ2n) is 3.42. The van der Waals surface area contributed by atoms with Crippen molar-refractivity contribution in [1.82, 2.24) is 15.0 Å². The van der Waals surface area contributed by atoms with Gasteiger partial charge in [0.25, 0.3) is 0 Å². The van der Waals surface area contributed by atoms with Gasteiger partial charge in [-0.1, -0.05) is 23.4 Å². The van der Waals surface area contributed by atoms with Gasteiger partial charge in [0.2, 0.25) is 0 Å². The number of carboxylic acid groups (broad SMARTS) is 1. The smallest absolute Gasteiger partial charge is 0.358 e. The summed E-state index contributed by atoms with van der Waals surface area (Å²) in [6, 6.07) is 7.48. The van der Waals surface area contributed by atoms with Gasteiger partial charge < -0.3 is 9.84 Å². The zero-order valence-corrected chi connectivity index (χ0v) is 9.20. The molecule has 0 unspecified atom stereocenters. The number of para-hydroxylation sites is 1. The molecule has 17 heavy (non-hydrogen) atoms. The van der Waals surface area contributed by atoms with E-state index in [0.717, 1.165) is 11.3 Å². The Bertz CT molecular complexity index is 536. The lowest BCUT2D eigenvalue weighted by atomic mass is 10.2. The highest BCUT2D eigenvalue weighted by Gasteiger charge is 2.09. The van der Waals surface area contributed by atoms with Crippen molar-refractivity contribution < 1.29 is 14.6 Å². The second kappa shape index (κ2) is 4.65. The Balaban J connectivity index is 2.22. The zero-order chi connectivity index (χ0) is 12.3. The first kappa shape index (κ1) is 11.1. The van der Waals surface area contributed by atoms with Crippen molar-refractivity contribution in [1.29, 1.82) is 0 Å². The van der Waals surface area contributed by atoms with Crippen LogP contribution in [0, 0.1) is 0 Å². The molecule has 0 saturated carbocycles. The van der Waals surface area contributed by atoms with E-state index in [9.17, 15) is 4.79 Å². The number of rotatable bonds is 4. The van der Waals surface area contributed by atoms with Crippen molar-refractivity contribution >= 4 is 5.97 Å². The van der Waals surface area contributed by atoms with Gasteiger partial charge in [-0.3, -0.25) is 0 Å². The van der Waals surface area contributed by atoms with Crippen molar-refractivity contribution in [3.63, 3.8) is 0 Å². The molecule has 6 heteroatoms. The highest BCUT2D eigenvalue weighted by molar-refractivity contribution is 5.84. The first-order valence-corrected chi connectivity index (χ1v) is 4.96. The van der Waals surface area contributed by atoms with Crippen LogP contribution >= 0.6 is 0 Å². The molecule has 0 saturated heterocycles. The van der Waals surface area contributed by atoms with E-state index < -0.39 is 5.97 Å². The van der Waals surface area contributed by atoms with E-state index in [-0.39, 0.29) is 5.69 Å². The van der Waals surface area contributed by atoms with E-state index in [1.165, 1.54) is 10.9 Å². The molecule has 0 atom stereocenters. The second-order valence-corrected chi connectivity index (χ2v) is 3.42. The summed E-state index contributed by atoms with van der Waals surface area (Å²) in [6.45, 7) is 0.421. The third-order valence-electron chi connectivity index (χ3n) is 2.28. The molecule has 88 valence electrons. The molecule has 0 radical (unpaired) electrons. The average molecular weight is 233 g/mol. The number of benzene rings is 1. The molecule has 0 amide bonds. The average Bonchev–Trinajstić information content (AvgIpc) is 2.78. The molecule has 2 aromatic rings.